The van der Waals surface area contributed by atoms with Gasteiger partial charge < -0.3 is 0 Å². The molecule has 5 aromatic carbocycles. The number of rotatable bonds is 4. The van der Waals surface area contributed by atoms with Gasteiger partial charge in [-0.1, -0.05) is 133 Å². The highest BCUT2D eigenvalue weighted by Gasteiger charge is 2.21. The van der Waals surface area contributed by atoms with Crippen LogP contribution >= 0.6 is 0 Å². The van der Waals surface area contributed by atoms with Crippen molar-refractivity contribution in [3.8, 4) is 44.6 Å². The van der Waals surface area contributed by atoms with Gasteiger partial charge in [-0.05, 0) is 28.3 Å². The first-order valence-corrected chi connectivity index (χ1v) is 11.6. The maximum absolute atomic E-state index is 5.29. The van der Waals surface area contributed by atoms with Gasteiger partial charge in [-0.2, -0.15) is 0 Å². The zero-order valence-corrected chi connectivity index (χ0v) is 18.7. The summed E-state index contributed by atoms with van der Waals surface area (Å²) in [7, 11) is 0. The van der Waals surface area contributed by atoms with Crippen molar-refractivity contribution in [2.24, 2.45) is 0 Å². The van der Waals surface area contributed by atoms with E-state index < -0.39 is 0 Å². The first kappa shape index (κ1) is 22.8. The minimum absolute atomic E-state index is 0. The van der Waals surface area contributed by atoms with Crippen LogP contribution in [0.3, 0.4) is 0 Å². The second kappa shape index (κ2) is 10.1. The molecule has 1 aromatic heterocycles. The molecule has 0 amide bonds. The van der Waals surface area contributed by atoms with Crippen LogP contribution in [0.15, 0.2) is 140 Å². The molecular weight excluding hydrogens is 437 g/mol. The summed E-state index contributed by atoms with van der Waals surface area (Å²) in [6.45, 7) is 0. The van der Waals surface area contributed by atoms with E-state index in [0.717, 1.165) is 27.9 Å². The van der Waals surface area contributed by atoms with Gasteiger partial charge in [-0.15, -0.1) is 0 Å². The van der Waals surface area contributed by atoms with Crippen molar-refractivity contribution in [1.29, 1.82) is 0 Å². The van der Waals surface area contributed by atoms with Crippen LogP contribution in [-0.2, 0) is 0 Å². The van der Waals surface area contributed by atoms with Crippen molar-refractivity contribution in [2.75, 3.05) is 0 Å². The summed E-state index contributed by atoms with van der Waals surface area (Å²) in [6, 6.07) is 49.0. The third-order valence-corrected chi connectivity index (χ3v) is 6.27. The van der Waals surface area contributed by atoms with Crippen LogP contribution in [-0.4, -0.2) is 22.3 Å². The average molecular weight is 464 g/mol. The van der Waals surface area contributed by atoms with Gasteiger partial charge in [-0.25, -0.2) is 4.98 Å². The summed E-state index contributed by atoms with van der Waals surface area (Å²) in [5.74, 6) is 0. The van der Waals surface area contributed by atoms with Crippen LogP contribution in [0.25, 0.3) is 55.5 Å². The van der Waals surface area contributed by atoms with Crippen LogP contribution in [0.2, 0.25) is 0 Å². The van der Waals surface area contributed by atoms with Crippen LogP contribution in [0, 0.1) is 0 Å². The maximum atomic E-state index is 5.29. The van der Waals surface area contributed by atoms with Crippen molar-refractivity contribution < 1.29 is 0 Å². The summed E-state index contributed by atoms with van der Waals surface area (Å²) in [5.41, 5.74) is 10.2. The van der Waals surface area contributed by atoms with E-state index in [2.05, 4.69) is 140 Å². The number of hydrogen-bond donors (Lipinski definition) is 0. The number of hydrogen-bond acceptors (Lipinski definition) is 1. The van der Waals surface area contributed by atoms with Crippen LogP contribution in [0.5, 0.6) is 0 Å². The molecule has 0 saturated heterocycles. The van der Waals surface area contributed by atoms with E-state index in [0.29, 0.717) is 0 Å². The molecule has 35 heavy (non-hydrogen) atoms. The molecule has 0 N–H and O–H groups in total. The van der Waals surface area contributed by atoms with Gasteiger partial charge in [0.05, 0.1) is 11.2 Å². The van der Waals surface area contributed by atoms with Crippen LogP contribution in [0.4, 0.5) is 0 Å². The first-order valence-electron chi connectivity index (χ1n) is 11.6. The lowest BCUT2D eigenvalue weighted by Crippen LogP contribution is -1.98. The van der Waals surface area contributed by atoms with E-state index in [1.54, 1.807) is 0 Å². The van der Waals surface area contributed by atoms with Crippen molar-refractivity contribution in [2.45, 2.75) is 0 Å². The highest BCUT2D eigenvalue weighted by atomic mass is 27.0. The molecule has 6 aromatic rings. The molecule has 1 heterocycles. The molecule has 0 fully saturated rings. The van der Waals surface area contributed by atoms with Gasteiger partial charge in [0.15, 0.2) is 17.4 Å². The van der Waals surface area contributed by atoms with Gasteiger partial charge in [0, 0.05) is 22.1 Å². The summed E-state index contributed by atoms with van der Waals surface area (Å²) in [5, 5.41) is 1.18. The predicted molar refractivity (Wildman–Crippen MR) is 153 cm³/mol. The highest BCUT2D eigenvalue weighted by molar-refractivity contribution is 6.12. The number of benzene rings is 5. The van der Waals surface area contributed by atoms with E-state index in [-0.39, 0.29) is 17.4 Å². The second-order valence-electron chi connectivity index (χ2n) is 8.37. The minimum atomic E-state index is 0. The summed E-state index contributed by atoms with van der Waals surface area (Å²) in [4.78, 5) is 5.29. The Hall–Kier alpha value is -3.96. The number of aromatic nitrogens is 1. The Bertz CT molecular complexity index is 1560. The van der Waals surface area contributed by atoms with E-state index >= 15 is 0 Å². The molecule has 0 saturated carbocycles. The summed E-state index contributed by atoms with van der Waals surface area (Å²) < 4.78 is 0. The Balaban J connectivity index is 0.00000253. The van der Waals surface area contributed by atoms with Crippen molar-refractivity contribution in [3.63, 3.8) is 0 Å². The fourth-order valence-electron chi connectivity index (χ4n) is 4.76. The Kier molecular flexibility index (Phi) is 6.60. The molecule has 0 spiro atoms. The zero-order chi connectivity index (χ0) is 22.7. The Morgan fingerprint density at radius 3 is 1.37 bits per heavy atom. The quantitative estimate of drug-likeness (QED) is 0.244. The molecular formula is C33H26AlN. The molecule has 2 heteroatoms. The topological polar surface area (TPSA) is 12.9 Å². The smallest absolute Gasteiger partial charge is 0.187 e. The lowest BCUT2D eigenvalue weighted by molar-refractivity contribution is 1.39. The van der Waals surface area contributed by atoms with Gasteiger partial charge in [0.1, 0.15) is 0 Å². The second-order valence-corrected chi connectivity index (χ2v) is 8.37. The largest absolute Gasteiger partial charge is 0.247 e. The van der Waals surface area contributed by atoms with Crippen LogP contribution < -0.4 is 0 Å². The normalized spacial score (nSPS) is 10.6. The molecule has 166 valence electrons. The van der Waals surface area contributed by atoms with E-state index in [1.807, 2.05) is 0 Å². The third-order valence-electron chi connectivity index (χ3n) is 6.27. The molecule has 0 aliphatic rings. The Morgan fingerprint density at radius 2 is 0.829 bits per heavy atom. The zero-order valence-electron chi connectivity index (χ0n) is 18.7. The summed E-state index contributed by atoms with van der Waals surface area (Å²) in [6.07, 6.45) is 0. The number of fused-ring (bicyclic) bond motifs is 1. The lowest BCUT2D eigenvalue weighted by Gasteiger charge is -2.20. The van der Waals surface area contributed by atoms with Gasteiger partial charge in [0.25, 0.3) is 0 Å². The molecule has 0 radical (unpaired) electrons. The fraction of sp³-hybridized carbons (Fsp3) is 0. The first-order chi connectivity index (χ1) is 16.9. The average Bonchev–Trinajstić information content (AvgIpc) is 2.93. The third kappa shape index (κ3) is 4.31. The molecule has 0 unspecified atom stereocenters. The molecule has 6 rings (SSSR count). The highest BCUT2D eigenvalue weighted by Crippen LogP contribution is 2.45. The SMILES string of the molecule is [AlH3].c1ccc(-c2nc3cccc(-c4ccccc4)c3c(-c3ccccc3)c2-c2ccccc2)cc1. The summed E-state index contributed by atoms with van der Waals surface area (Å²) >= 11 is 0. The van der Waals surface area contributed by atoms with Crippen molar-refractivity contribution >= 4 is 28.3 Å². The number of nitrogens with zero attached hydrogens (tertiary/aromatic N) is 1. The maximum Gasteiger partial charge on any atom is 0.187 e. The number of pyridine rings is 1. The molecule has 0 aliphatic heterocycles. The van der Waals surface area contributed by atoms with Crippen molar-refractivity contribution in [1.82, 2.24) is 4.98 Å². The fourth-order valence-corrected chi connectivity index (χ4v) is 4.76. The monoisotopic (exact) mass is 463 g/mol. The molecule has 0 atom stereocenters. The predicted octanol–water partition coefficient (Wildman–Crippen LogP) is 7.72. The Labute approximate surface area is 216 Å². The lowest BCUT2D eigenvalue weighted by atomic mass is 9.85. The van der Waals surface area contributed by atoms with Crippen LogP contribution in [0.1, 0.15) is 0 Å². The molecule has 1 nitrogen and oxygen atoms in total. The standard InChI is InChI=1S/C33H23N.Al.3H/c1-5-14-24(15-6-1)28-22-13-23-29-32(28)30(25-16-7-2-8-17-25)31(26-18-9-3-10-19-26)33(34-29)27-20-11-4-12-21-27;;;;/h1-23H;;;;. The molecule has 0 aliphatic carbocycles. The van der Waals surface area contributed by atoms with Gasteiger partial charge >= 0.3 is 0 Å². The van der Waals surface area contributed by atoms with Gasteiger partial charge in [-0.3, -0.25) is 0 Å². The van der Waals surface area contributed by atoms with E-state index in [4.69, 9.17) is 4.98 Å². The van der Waals surface area contributed by atoms with Crippen molar-refractivity contribution in [3.05, 3.63) is 140 Å². The van der Waals surface area contributed by atoms with E-state index in [9.17, 15) is 0 Å². The van der Waals surface area contributed by atoms with E-state index in [1.165, 1.54) is 27.6 Å². The van der Waals surface area contributed by atoms with Gasteiger partial charge in [0.2, 0.25) is 0 Å². The minimum Gasteiger partial charge on any atom is -0.247 e. The molecule has 0 bridgehead atoms. The Morgan fingerprint density at radius 1 is 0.371 bits per heavy atom.